The molecule has 0 saturated heterocycles. The molecular weight excluding hydrogens is 323 g/mol. The van der Waals surface area contributed by atoms with Crippen molar-refractivity contribution in [1.29, 1.82) is 0 Å². The number of rotatable bonds is 7. The fraction of sp³-hybridized carbons (Fsp3) is 0.500. The molecule has 0 radical (unpaired) electrons. The molecule has 0 bridgehead atoms. The summed E-state index contributed by atoms with van der Waals surface area (Å²) < 4.78 is 41.5. The van der Waals surface area contributed by atoms with E-state index >= 15 is 0 Å². The summed E-state index contributed by atoms with van der Waals surface area (Å²) >= 11 is 3.23. The lowest BCUT2D eigenvalue weighted by Gasteiger charge is -2.08. The molecule has 6 heteroatoms. The number of hydrogen-bond donors (Lipinski definition) is 0. The van der Waals surface area contributed by atoms with Crippen molar-refractivity contribution in [2.24, 2.45) is 0 Å². The van der Waals surface area contributed by atoms with E-state index in [4.69, 9.17) is 4.74 Å². The third-order valence-corrected chi connectivity index (χ3v) is 4.78. The summed E-state index contributed by atoms with van der Waals surface area (Å²) in [4.78, 5) is 0. The van der Waals surface area contributed by atoms with Crippen LogP contribution in [0.2, 0.25) is 0 Å². The van der Waals surface area contributed by atoms with E-state index < -0.39 is 15.7 Å². The fourth-order valence-corrected chi connectivity index (χ4v) is 2.95. The van der Waals surface area contributed by atoms with E-state index in [9.17, 15) is 12.8 Å². The maximum absolute atomic E-state index is 13.5. The summed E-state index contributed by atoms with van der Waals surface area (Å²) in [6.07, 6.45) is 0.580. The Morgan fingerprint density at radius 2 is 2.06 bits per heavy atom. The second kappa shape index (κ2) is 7.09. The molecule has 0 aliphatic rings. The van der Waals surface area contributed by atoms with Gasteiger partial charge in [0.15, 0.2) is 21.4 Å². The largest absolute Gasteiger partial charge is 0.489 e. The van der Waals surface area contributed by atoms with E-state index in [1.54, 1.807) is 13.0 Å². The highest BCUT2D eigenvalue weighted by atomic mass is 79.9. The van der Waals surface area contributed by atoms with E-state index in [-0.39, 0.29) is 23.9 Å². The molecule has 18 heavy (non-hydrogen) atoms. The molecule has 0 aliphatic heterocycles. The van der Waals surface area contributed by atoms with Gasteiger partial charge in [-0.3, -0.25) is 0 Å². The van der Waals surface area contributed by atoms with Gasteiger partial charge in [0.1, 0.15) is 6.61 Å². The maximum atomic E-state index is 13.5. The number of alkyl halides is 1. The lowest BCUT2D eigenvalue weighted by Crippen LogP contribution is -2.17. The zero-order valence-electron chi connectivity index (χ0n) is 10.2. The van der Waals surface area contributed by atoms with Crippen molar-refractivity contribution >= 4 is 25.8 Å². The molecule has 0 saturated carbocycles. The van der Waals surface area contributed by atoms with E-state index in [1.165, 1.54) is 12.1 Å². The number of hydrogen-bond acceptors (Lipinski definition) is 3. The quantitative estimate of drug-likeness (QED) is 0.718. The summed E-state index contributed by atoms with van der Waals surface area (Å²) in [6, 6.07) is 4.61. The van der Waals surface area contributed by atoms with E-state index in [0.29, 0.717) is 11.8 Å². The van der Waals surface area contributed by atoms with Gasteiger partial charge in [0.25, 0.3) is 0 Å². The van der Waals surface area contributed by atoms with Crippen LogP contribution in [0.3, 0.4) is 0 Å². The van der Waals surface area contributed by atoms with Crippen LogP contribution in [0, 0.1) is 5.82 Å². The first-order valence-electron chi connectivity index (χ1n) is 5.66. The van der Waals surface area contributed by atoms with Crippen LogP contribution in [0.25, 0.3) is 0 Å². The summed E-state index contributed by atoms with van der Waals surface area (Å²) in [5, 5.41) is 0.565. The van der Waals surface area contributed by atoms with Crippen molar-refractivity contribution < 1.29 is 17.5 Å². The topological polar surface area (TPSA) is 43.4 Å². The van der Waals surface area contributed by atoms with Crippen molar-refractivity contribution in [1.82, 2.24) is 0 Å². The zero-order valence-corrected chi connectivity index (χ0v) is 12.6. The molecule has 102 valence electrons. The normalized spacial score (nSPS) is 11.5. The van der Waals surface area contributed by atoms with Crippen LogP contribution < -0.4 is 4.74 Å². The minimum absolute atomic E-state index is 0.0209. The minimum Gasteiger partial charge on any atom is -0.489 e. The zero-order chi connectivity index (χ0) is 13.6. The lowest BCUT2D eigenvalue weighted by atomic mass is 10.2. The van der Waals surface area contributed by atoms with Crippen LogP contribution in [0.1, 0.15) is 18.9 Å². The highest BCUT2D eigenvalue weighted by Crippen LogP contribution is 2.19. The van der Waals surface area contributed by atoms with Crippen molar-refractivity contribution in [3.8, 4) is 5.75 Å². The van der Waals surface area contributed by atoms with Gasteiger partial charge in [-0.15, -0.1) is 0 Å². The summed E-state index contributed by atoms with van der Waals surface area (Å²) in [5.74, 6) is -0.326. The van der Waals surface area contributed by atoms with Crippen LogP contribution in [0.5, 0.6) is 5.75 Å². The molecule has 0 aromatic heterocycles. The van der Waals surface area contributed by atoms with Gasteiger partial charge in [0.2, 0.25) is 0 Å². The Labute approximate surface area is 115 Å². The third kappa shape index (κ3) is 4.94. The van der Waals surface area contributed by atoms with E-state index in [1.807, 2.05) is 0 Å². The molecule has 0 N–H and O–H groups in total. The van der Waals surface area contributed by atoms with Crippen molar-refractivity contribution in [3.05, 3.63) is 29.6 Å². The summed E-state index contributed by atoms with van der Waals surface area (Å²) in [5.41, 5.74) is 0.804. The highest BCUT2D eigenvalue weighted by molar-refractivity contribution is 9.08. The molecular formula is C12H16BrFO3S. The van der Waals surface area contributed by atoms with Crippen molar-refractivity contribution in [3.63, 3.8) is 0 Å². The monoisotopic (exact) mass is 338 g/mol. The number of benzene rings is 1. The molecule has 0 atom stereocenters. The smallest absolute Gasteiger partial charge is 0.165 e. The molecule has 0 unspecified atom stereocenters. The van der Waals surface area contributed by atoms with Gasteiger partial charge >= 0.3 is 0 Å². The van der Waals surface area contributed by atoms with Gasteiger partial charge in [-0.1, -0.05) is 28.9 Å². The van der Waals surface area contributed by atoms with Crippen LogP contribution in [-0.4, -0.2) is 26.5 Å². The molecule has 0 aliphatic carbocycles. The molecule has 1 aromatic carbocycles. The fourth-order valence-electron chi connectivity index (χ4n) is 1.44. The second-order valence-electron chi connectivity index (χ2n) is 3.90. The summed E-state index contributed by atoms with van der Waals surface area (Å²) in [6.45, 7) is 1.78. The van der Waals surface area contributed by atoms with Gasteiger partial charge in [0, 0.05) is 5.33 Å². The first-order valence-corrected chi connectivity index (χ1v) is 8.60. The minimum atomic E-state index is -3.08. The van der Waals surface area contributed by atoms with Gasteiger partial charge in [-0.25, -0.2) is 12.8 Å². The van der Waals surface area contributed by atoms with Crippen LogP contribution in [0.4, 0.5) is 4.39 Å². The van der Waals surface area contributed by atoms with Crippen molar-refractivity contribution in [2.75, 3.05) is 18.1 Å². The molecule has 0 amide bonds. The Morgan fingerprint density at radius 3 is 2.61 bits per heavy atom. The molecule has 1 rings (SSSR count). The Kier molecular flexibility index (Phi) is 6.08. The predicted octanol–water partition coefficient (Wildman–Crippen LogP) is 2.92. The molecule has 1 aromatic rings. The first kappa shape index (κ1) is 15.4. The van der Waals surface area contributed by atoms with Crippen LogP contribution >= 0.6 is 15.9 Å². The van der Waals surface area contributed by atoms with Crippen LogP contribution in [0.15, 0.2) is 18.2 Å². The molecule has 0 fully saturated rings. The third-order valence-electron chi connectivity index (χ3n) is 2.32. The summed E-state index contributed by atoms with van der Waals surface area (Å²) in [7, 11) is -3.08. The standard InChI is InChI=1S/C12H16BrFO3S/c1-2-6-18(15,16)7-5-17-12-4-3-10(9-13)8-11(12)14/h3-4,8H,2,5-7,9H2,1H3. The van der Waals surface area contributed by atoms with Crippen LogP contribution in [-0.2, 0) is 15.2 Å². The van der Waals surface area contributed by atoms with Gasteiger partial charge in [-0.05, 0) is 24.1 Å². The number of ether oxygens (including phenoxy) is 1. The van der Waals surface area contributed by atoms with E-state index in [0.717, 1.165) is 5.56 Å². The van der Waals surface area contributed by atoms with Gasteiger partial charge in [-0.2, -0.15) is 0 Å². The van der Waals surface area contributed by atoms with Gasteiger partial charge in [0.05, 0.1) is 11.5 Å². The average molecular weight is 339 g/mol. The second-order valence-corrected chi connectivity index (χ2v) is 6.76. The van der Waals surface area contributed by atoms with Gasteiger partial charge < -0.3 is 4.74 Å². The SMILES string of the molecule is CCCS(=O)(=O)CCOc1ccc(CBr)cc1F. The maximum Gasteiger partial charge on any atom is 0.165 e. The first-order chi connectivity index (χ1) is 8.48. The molecule has 3 nitrogen and oxygen atoms in total. The Morgan fingerprint density at radius 1 is 1.33 bits per heavy atom. The highest BCUT2D eigenvalue weighted by Gasteiger charge is 2.10. The molecule has 0 heterocycles. The molecule has 0 spiro atoms. The Bertz CT molecular complexity index is 488. The number of halogens is 2. The predicted molar refractivity (Wildman–Crippen MR) is 73.5 cm³/mol. The van der Waals surface area contributed by atoms with E-state index in [2.05, 4.69) is 15.9 Å². The van der Waals surface area contributed by atoms with Crippen molar-refractivity contribution in [2.45, 2.75) is 18.7 Å². The Hall–Kier alpha value is -0.620. The number of sulfone groups is 1. The lowest BCUT2D eigenvalue weighted by molar-refractivity contribution is 0.322. The Balaban J connectivity index is 2.54. The average Bonchev–Trinajstić information content (AvgIpc) is 2.31.